The molecule has 0 aromatic heterocycles. The zero-order chi connectivity index (χ0) is 15.2. The van der Waals surface area contributed by atoms with Crippen LogP contribution in [0, 0.1) is 0 Å². The Bertz CT molecular complexity index is 341. The van der Waals surface area contributed by atoms with E-state index in [1.807, 2.05) is 0 Å². The molecule has 5 nitrogen and oxygen atoms in total. The number of nitrogens with zero attached hydrogens (tertiary/aromatic N) is 1. The van der Waals surface area contributed by atoms with Gasteiger partial charge < -0.3 is 15.0 Å². The third-order valence-corrected chi connectivity index (χ3v) is 3.12. The zero-order valence-electron chi connectivity index (χ0n) is 11.3. The first-order chi connectivity index (χ1) is 9.31. The van der Waals surface area contributed by atoms with E-state index in [4.69, 9.17) is 0 Å². The minimum atomic E-state index is -4.48. The third kappa shape index (κ3) is 6.23. The van der Waals surface area contributed by atoms with Gasteiger partial charge in [0.15, 0.2) is 0 Å². The van der Waals surface area contributed by atoms with Crippen molar-refractivity contribution >= 4 is 11.9 Å². The lowest BCUT2D eigenvalue weighted by Crippen LogP contribution is -2.42. The summed E-state index contributed by atoms with van der Waals surface area (Å²) in [4.78, 5) is 23.6. The van der Waals surface area contributed by atoms with Crippen molar-refractivity contribution < 1.29 is 27.5 Å². The normalized spacial score (nSPS) is 18.9. The Balaban J connectivity index is 2.54. The van der Waals surface area contributed by atoms with Gasteiger partial charge >= 0.3 is 12.1 Å². The Kier molecular flexibility index (Phi) is 6.25. The van der Waals surface area contributed by atoms with Crippen molar-refractivity contribution in [3.8, 4) is 0 Å². The lowest BCUT2D eigenvalue weighted by molar-refractivity contribution is -0.163. The maximum atomic E-state index is 12.5. The van der Waals surface area contributed by atoms with Crippen LogP contribution in [0.3, 0.4) is 0 Å². The van der Waals surface area contributed by atoms with Crippen LogP contribution in [-0.4, -0.2) is 55.7 Å². The minimum Gasteiger partial charge on any atom is -0.469 e. The monoisotopic (exact) mass is 296 g/mol. The molecule has 1 fully saturated rings. The number of halogens is 3. The number of alkyl halides is 3. The van der Waals surface area contributed by atoms with Gasteiger partial charge in [-0.05, 0) is 19.4 Å². The van der Waals surface area contributed by atoms with E-state index in [9.17, 15) is 22.8 Å². The smallest absolute Gasteiger partial charge is 0.406 e. The molecule has 0 aliphatic carbocycles. The summed E-state index contributed by atoms with van der Waals surface area (Å²) in [5, 5.41) is 3.06. The van der Waals surface area contributed by atoms with Crippen LogP contribution in [0.25, 0.3) is 0 Å². The molecule has 0 bridgehead atoms. The first-order valence-corrected chi connectivity index (χ1v) is 6.46. The van der Waals surface area contributed by atoms with Gasteiger partial charge in [-0.2, -0.15) is 13.2 Å². The number of carbonyl (C=O) groups is 2. The topological polar surface area (TPSA) is 58.6 Å². The van der Waals surface area contributed by atoms with E-state index in [2.05, 4.69) is 10.1 Å². The first-order valence-electron chi connectivity index (χ1n) is 6.46. The molecule has 0 aromatic rings. The summed E-state index contributed by atoms with van der Waals surface area (Å²) in [5.74, 6) is -1.23. The first kappa shape index (κ1) is 16.7. The van der Waals surface area contributed by atoms with Crippen LogP contribution in [0.1, 0.15) is 25.7 Å². The fourth-order valence-corrected chi connectivity index (χ4v) is 2.11. The number of carbonyl (C=O) groups excluding carboxylic acids is 2. The number of nitrogens with one attached hydrogen (secondary N) is 1. The second-order valence-corrected chi connectivity index (χ2v) is 4.75. The number of ether oxygens (including phenoxy) is 1. The summed E-state index contributed by atoms with van der Waals surface area (Å²) >= 11 is 0. The lowest BCUT2D eigenvalue weighted by atomic mass is 10.1. The van der Waals surface area contributed by atoms with Crippen LogP contribution in [0.15, 0.2) is 0 Å². The number of methoxy groups -OCH3 is 1. The van der Waals surface area contributed by atoms with Crippen molar-refractivity contribution in [3.05, 3.63) is 0 Å². The molecule has 1 saturated heterocycles. The Morgan fingerprint density at radius 3 is 2.60 bits per heavy atom. The standard InChI is InChI=1S/C12H19F3N2O3/c1-20-11(19)4-6-17(8-12(13,14)15)10(18)7-9-3-2-5-16-9/h9,16H,2-8H2,1H3. The summed E-state index contributed by atoms with van der Waals surface area (Å²) in [7, 11) is 1.15. The number of esters is 1. The maximum absolute atomic E-state index is 12.5. The van der Waals surface area contributed by atoms with E-state index in [0.717, 1.165) is 26.5 Å². The molecule has 1 unspecified atom stereocenters. The van der Waals surface area contributed by atoms with Crippen LogP contribution < -0.4 is 5.32 Å². The average Bonchev–Trinajstić information content (AvgIpc) is 2.85. The van der Waals surface area contributed by atoms with E-state index < -0.39 is 24.6 Å². The molecule has 1 heterocycles. The average molecular weight is 296 g/mol. The quantitative estimate of drug-likeness (QED) is 0.745. The molecule has 0 spiro atoms. The molecular formula is C12H19F3N2O3. The van der Waals surface area contributed by atoms with Gasteiger partial charge in [0.05, 0.1) is 13.5 Å². The van der Waals surface area contributed by atoms with Crippen molar-refractivity contribution in [3.63, 3.8) is 0 Å². The van der Waals surface area contributed by atoms with Crippen LogP contribution in [-0.2, 0) is 14.3 Å². The lowest BCUT2D eigenvalue weighted by Gasteiger charge is -2.25. The molecule has 0 aromatic carbocycles. The van der Waals surface area contributed by atoms with E-state index in [-0.39, 0.29) is 25.4 Å². The molecule has 8 heteroatoms. The predicted molar refractivity (Wildman–Crippen MR) is 64.9 cm³/mol. The van der Waals surface area contributed by atoms with E-state index in [1.54, 1.807) is 0 Å². The Labute approximate surface area is 115 Å². The number of hydrogen-bond donors (Lipinski definition) is 1. The minimum absolute atomic E-state index is 0.0251. The highest BCUT2D eigenvalue weighted by atomic mass is 19.4. The number of hydrogen-bond acceptors (Lipinski definition) is 4. The Hall–Kier alpha value is -1.31. The molecule has 0 radical (unpaired) electrons. The zero-order valence-corrected chi connectivity index (χ0v) is 11.3. The highest BCUT2D eigenvalue weighted by molar-refractivity contribution is 5.78. The van der Waals surface area contributed by atoms with Gasteiger partial charge in [-0.15, -0.1) is 0 Å². The van der Waals surface area contributed by atoms with Crippen molar-refractivity contribution in [2.75, 3.05) is 26.7 Å². The SMILES string of the molecule is COC(=O)CCN(CC(F)(F)F)C(=O)CC1CCCN1. The van der Waals surface area contributed by atoms with Gasteiger partial charge in [0.2, 0.25) is 5.91 Å². The van der Waals surface area contributed by atoms with Crippen LogP contribution in [0.4, 0.5) is 13.2 Å². The molecule has 1 N–H and O–H groups in total. The van der Waals surface area contributed by atoms with Crippen molar-refractivity contribution in [1.82, 2.24) is 10.2 Å². The van der Waals surface area contributed by atoms with Crippen molar-refractivity contribution in [2.24, 2.45) is 0 Å². The maximum Gasteiger partial charge on any atom is 0.406 e. The molecule has 1 atom stereocenters. The summed E-state index contributed by atoms with van der Waals surface area (Å²) in [6.07, 6.45) is -3.00. The van der Waals surface area contributed by atoms with Crippen molar-refractivity contribution in [2.45, 2.75) is 37.9 Å². The summed E-state index contributed by atoms with van der Waals surface area (Å²) < 4.78 is 41.8. The molecular weight excluding hydrogens is 277 g/mol. The Morgan fingerprint density at radius 2 is 2.10 bits per heavy atom. The highest BCUT2D eigenvalue weighted by Gasteiger charge is 2.34. The van der Waals surface area contributed by atoms with E-state index in [1.165, 1.54) is 0 Å². The van der Waals surface area contributed by atoms with Crippen LogP contribution >= 0.6 is 0 Å². The third-order valence-electron chi connectivity index (χ3n) is 3.12. The molecule has 0 saturated carbocycles. The predicted octanol–water partition coefficient (Wildman–Crippen LogP) is 1.08. The van der Waals surface area contributed by atoms with E-state index in [0.29, 0.717) is 4.90 Å². The molecule has 20 heavy (non-hydrogen) atoms. The van der Waals surface area contributed by atoms with E-state index >= 15 is 0 Å². The van der Waals surface area contributed by atoms with Gasteiger partial charge in [0, 0.05) is 19.0 Å². The molecule has 116 valence electrons. The van der Waals surface area contributed by atoms with Gasteiger partial charge in [-0.3, -0.25) is 9.59 Å². The number of amides is 1. The second kappa shape index (κ2) is 7.47. The van der Waals surface area contributed by atoms with Crippen LogP contribution in [0.2, 0.25) is 0 Å². The molecule has 1 aliphatic rings. The summed E-state index contributed by atoms with van der Waals surface area (Å²) in [5.41, 5.74) is 0. The molecule has 1 rings (SSSR count). The van der Waals surface area contributed by atoms with Gasteiger partial charge in [0.25, 0.3) is 0 Å². The highest BCUT2D eigenvalue weighted by Crippen LogP contribution is 2.18. The van der Waals surface area contributed by atoms with Crippen molar-refractivity contribution in [1.29, 1.82) is 0 Å². The largest absolute Gasteiger partial charge is 0.469 e. The summed E-state index contributed by atoms with van der Waals surface area (Å²) in [6.45, 7) is -0.841. The van der Waals surface area contributed by atoms with Gasteiger partial charge in [0.1, 0.15) is 6.54 Å². The van der Waals surface area contributed by atoms with Gasteiger partial charge in [-0.1, -0.05) is 0 Å². The molecule has 1 amide bonds. The molecule has 1 aliphatic heterocycles. The fourth-order valence-electron chi connectivity index (χ4n) is 2.11. The second-order valence-electron chi connectivity index (χ2n) is 4.75. The number of rotatable bonds is 6. The van der Waals surface area contributed by atoms with Crippen LogP contribution in [0.5, 0.6) is 0 Å². The van der Waals surface area contributed by atoms with Gasteiger partial charge in [-0.25, -0.2) is 0 Å². The Morgan fingerprint density at radius 1 is 1.40 bits per heavy atom. The fraction of sp³-hybridized carbons (Fsp3) is 0.833. The summed E-state index contributed by atoms with van der Waals surface area (Å²) in [6, 6.07) is -0.0728.